The largest absolute Gasteiger partial charge is 0.476 e. The second-order valence-electron chi connectivity index (χ2n) is 4.05. The third-order valence-corrected chi connectivity index (χ3v) is 2.71. The van der Waals surface area contributed by atoms with Gasteiger partial charge in [0.1, 0.15) is 0 Å². The first kappa shape index (κ1) is 9.26. The molecular formula is C10H10N4O2. The van der Waals surface area contributed by atoms with Crippen molar-refractivity contribution in [2.45, 2.75) is 25.7 Å². The first-order chi connectivity index (χ1) is 7.66. The van der Waals surface area contributed by atoms with Gasteiger partial charge in [0.05, 0.1) is 0 Å². The van der Waals surface area contributed by atoms with Crippen LogP contribution in [-0.2, 0) is 0 Å². The minimum atomic E-state index is -1.00. The molecule has 0 saturated heterocycles. The van der Waals surface area contributed by atoms with Gasteiger partial charge in [-0.15, -0.1) is 5.10 Å². The number of aromatic nitrogens is 4. The lowest BCUT2D eigenvalue weighted by atomic mass is 10.2. The van der Waals surface area contributed by atoms with Gasteiger partial charge in [0.25, 0.3) is 5.78 Å². The van der Waals surface area contributed by atoms with Crippen LogP contribution in [0.15, 0.2) is 6.20 Å². The number of rotatable bonds is 2. The van der Waals surface area contributed by atoms with Crippen molar-refractivity contribution >= 4 is 11.7 Å². The van der Waals surface area contributed by atoms with Gasteiger partial charge < -0.3 is 5.11 Å². The van der Waals surface area contributed by atoms with Crippen LogP contribution >= 0.6 is 0 Å². The molecule has 1 aliphatic carbocycles. The van der Waals surface area contributed by atoms with E-state index in [0.29, 0.717) is 23.1 Å². The zero-order valence-electron chi connectivity index (χ0n) is 8.71. The zero-order chi connectivity index (χ0) is 11.3. The monoisotopic (exact) mass is 218 g/mol. The van der Waals surface area contributed by atoms with Crippen LogP contribution < -0.4 is 0 Å². The van der Waals surface area contributed by atoms with Crippen LogP contribution in [0.1, 0.15) is 40.6 Å². The number of carboxylic acid groups (broad SMARTS) is 1. The van der Waals surface area contributed by atoms with E-state index >= 15 is 0 Å². The number of carbonyl (C=O) groups is 1. The van der Waals surface area contributed by atoms with Crippen LogP contribution in [-0.4, -0.2) is 30.7 Å². The lowest BCUT2D eigenvalue weighted by molar-refractivity contribution is 0.0686. The van der Waals surface area contributed by atoms with Gasteiger partial charge in [0.15, 0.2) is 11.5 Å². The lowest BCUT2D eigenvalue weighted by Crippen LogP contribution is -2.10. The number of fused-ring (bicyclic) bond motifs is 1. The molecule has 2 aromatic heterocycles. The molecule has 2 aromatic rings. The summed E-state index contributed by atoms with van der Waals surface area (Å²) in [7, 11) is 0. The first-order valence-corrected chi connectivity index (χ1v) is 5.12. The summed E-state index contributed by atoms with van der Waals surface area (Å²) in [5, 5.41) is 13.3. The van der Waals surface area contributed by atoms with Gasteiger partial charge in [-0.25, -0.2) is 9.78 Å². The molecular weight excluding hydrogens is 208 g/mol. The molecule has 0 aromatic carbocycles. The Morgan fingerprint density at radius 2 is 2.31 bits per heavy atom. The van der Waals surface area contributed by atoms with Crippen LogP contribution in [0.2, 0.25) is 0 Å². The van der Waals surface area contributed by atoms with E-state index in [2.05, 4.69) is 15.1 Å². The van der Waals surface area contributed by atoms with Gasteiger partial charge in [-0.3, -0.25) is 0 Å². The van der Waals surface area contributed by atoms with Crippen LogP contribution in [0.4, 0.5) is 0 Å². The van der Waals surface area contributed by atoms with Gasteiger partial charge in [-0.1, -0.05) is 0 Å². The number of hydrogen-bond donors (Lipinski definition) is 1. The van der Waals surface area contributed by atoms with Gasteiger partial charge in [0.2, 0.25) is 0 Å². The van der Waals surface area contributed by atoms with Crippen molar-refractivity contribution in [3.63, 3.8) is 0 Å². The molecule has 0 radical (unpaired) electrons. The number of nitrogens with zero attached hydrogens (tertiary/aromatic N) is 4. The lowest BCUT2D eigenvalue weighted by Gasteiger charge is -2.00. The van der Waals surface area contributed by atoms with Gasteiger partial charge in [-0.05, 0) is 19.8 Å². The number of hydrogen-bond acceptors (Lipinski definition) is 4. The van der Waals surface area contributed by atoms with Crippen LogP contribution in [0.25, 0.3) is 5.78 Å². The highest BCUT2D eigenvalue weighted by molar-refractivity contribution is 5.87. The molecule has 16 heavy (non-hydrogen) atoms. The molecule has 1 fully saturated rings. The van der Waals surface area contributed by atoms with Crippen molar-refractivity contribution in [1.29, 1.82) is 0 Å². The predicted octanol–water partition coefficient (Wildman–Crippen LogP) is 1.01. The molecule has 0 unspecified atom stereocenters. The highest BCUT2D eigenvalue weighted by atomic mass is 16.4. The summed E-state index contributed by atoms with van der Waals surface area (Å²) >= 11 is 0. The Morgan fingerprint density at radius 3 is 2.94 bits per heavy atom. The quantitative estimate of drug-likeness (QED) is 0.813. The second-order valence-corrected chi connectivity index (χ2v) is 4.05. The maximum atomic E-state index is 11.1. The molecule has 0 aliphatic heterocycles. The van der Waals surface area contributed by atoms with E-state index < -0.39 is 5.97 Å². The van der Waals surface area contributed by atoms with Crippen molar-refractivity contribution < 1.29 is 9.90 Å². The summed E-state index contributed by atoms with van der Waals surface area (Å²) < 4.78 is 1.32. The molecule has 1 aliphatic rings. The third kappa shape index (κ3) is 1.26. The molecule has 2 heterocycles. The van der Waals surface area contributed by atoms with Gasteiger partial charge >= 0.3 is 5.97 Å². The fourth-order valence-corrected chi connectivity index (χ4v) is 1.71. The molecule has 3 rings (SSSR count). The fraction of sp³-hybridized carbons (Fsp3) is 0.400. The average Bonchev–Trinajstić information content (AvgIpc) is 2.98. The molecule has 0 atom stereocenters. The normalized spacial score (nSPS) is 15.6. The van der Waals surface area contributed by atoms with Crippen molar-refractivity contribution in [3.8, 4) is 0 Å². The van der Waals surface area contributed by atoms with Crippen molar-refractivity contribution in [2.75, 3.05) is 0 Å². The number of aryl methyl sites for hydroxylation is 1. The van der Waals surface area contributed by atoms with Gasteiger partial charge in [0, 0.05) is 17.7 Å². The summed E-state index contributed by atoms with van der Waals surface area (Å²) in [6.45, 7) is 1.70. The Bertz CT molecular complexity index is 586. The zero-order valence-corrected chi connectivity index (χ0v) is 8.71. The maximum Gasteiger partial charge on any atom is 0.355 e. The van der Waals surface area contributed by atoms with Crippen LogP contribution in [0.5, 0.6) is 0 Å². The topological polar surface area (TPSA) is 80.4 Å². The fourth-order valence-electron chi connectivity index (χ4n) is 1.71. The Morgan fingerprint density at radius 1 is 1.56 bits per heavy atom. The Hall–Kier alpha value is -1.98. The van der Waals surface area contributed by atoms with Gasteiger partial charge in [-0.2, -0.15) is 9.50 Å². The molecule has 0 spiro atoms. The van der Waals surface area contributed by atoms with E-state index in [4.69, 9.17) is 5.11 Å². The molecule has 6 nitrogen and oxygen atoms in total. The summed E-state index contributed by atoms with van der Waals surface area (Å²) in [5.41, 5.74) is 0.733. The van der Waals surface area contributed by atoms with Crippen molar-refractivity contribution in [2.24, 2.45) is 0 Å². The van der Waals surface area contributed by atoms with E-state index in [0.717, 1.165) is 12.8 Å². The first-order valence-electron chi connectivity index (χ1n) is 5.12. The molecule has 1 saturated carbocycles. The molecule has 0 amide bonds. The second kappa shape index (κ2) is 3.01. The van der Waals surface area contributed by atoms with Crippen molar-refractivity contribution in [3.05, 3.63) is 23.3 Å². The highest BCUT2D eigenvalue weighted by Crippen LogP contribution is 2.38. The van der Waals surface area contributed by atoms with Crippen molar-refractivity contribution in [1.82, 2.24) is 19.6 Å². The van der Waals surface area contributed by atoms with E-state index in [-0.39, 0.29) is 5.69 Å². The summed E-state index contributed by atoms with van der Waals surface area (Å²) in [6.07, 6.45) is 3.68. The molecule has 82 valence electrons. The third-order valence-electron chi connectivity index (χ3n) is 2.71. The highest BCUT2D eigenvalue weighted by Gasteiger charge is 2.29. The van der Waals surface area contributed by atoms with E-state index in [1.54, 1.807) is 6.92 Å². The van der Waals surface area contributed by atoms with E-state index in [1.165, 1.54) is 10.7 Å². The molecule has 6 heteroatoms. The van der Waals surface area contributed by atoms with E-state index in [9.17, 15) is 4.79 Å². The molecule has 1 N–H and O–H groups in total. The predicted molar refractivity (Wildman–Crippen MR) is 54.5 cm³/mol. The SMILES string of the molecule is Cc1cnc2nc(C3CC3)nn2c1C(=O)O. The summed E-state index contributed by atoms with van der Waals surface area (Å²) in [6, 6.07) is 0. The number of carboxylic acids is 1. The van der Waals surface area contributed by atoms with E-state index in [1.807, 2.05) is 0 Å². The maximum absolute atomic E-state index is 11.1. The Labute approximate surface area is 91.0 Å². The summed E-state index contributed by atoms with van der Waals surface area (Å²) in [4.78, 5) is 19.4. The number of aromatic carboxylic acids is 1. The smallest absolute Gasteiger partial charge is 0.355 e. The summed E-state index contributed by atoms with van der Waals surface area (Å²) in [5.74, 6) is 0.464. The van der Waals surface area contributed by atoms with Crippen LogP contribution in [0.3, 0.4) is 0 Å². The molecule has 0 bridgehead atoms. The Balaban J connectivity index is 2.28. The minimum absolute atomic E-state index is 0.143. The van der Waals surface area contributed by atoms with Crippen LogP contribution in [0, 0.1) is 6.92 Å². The standard InChI is InChI=1S/C10H10N4O2/c1-5-4-11-10-12-8(6-2-3-6)13-14(10)7(5)9(15)16/h4,6H,2-3H2,1H3,(H,15,16). The Kier molecular flexibility index (Phi) is 1.74. The average molecular weight is 218 g/mol. The minimum Gasteiger partial charge on any atom is -0.476 e.